The Balaban J connectivity index is 2.47. The first-order chi connectivity index (χ1) is 6.59. The van der Waals surface area contributed by atoms with Crippen LogP contribution in [0.4, 0.5) is 10.1 Å². The van der Waals surface area contributed by atoms with Crippen molar-refractivity contribution < 1.29 is 9.13 Å². The lowest BCUT2D eigenvalue weighted by molar-refractivity contribution is 0.260. The minimum Gasteiger partial charge on any atom is -0.492 e. The van der Waals surface area contributed by atoms with Crippen molar-refractivity contribution in [3.05, 3.63) is 24.0 Å². The van der Waals surface area contributed by atoms with Crippen LogP contribution in [-0.4, -0.2) is 32.1 Å². The maximum Gasteiger partial charge on any atom is 0.149 e. The number of hydrogen-bond acceptors (Lipinski definition) is 3. The fraction of sp³-hybridized carbons (Fsp3) is 0.400. The molecule has 78 valence electrons. The van der Waals surface area contributed by atoms with Crippen LogP contribution in [0.3, 0.4) is 0 Å². The standard InChI is InChI=1S/C10H15FN2O/c1-13(2)5-6-14-8-3-4-10(12)9(11)7-8/h3-4,7H,5-6,12H2,1-2H3. The molecule has 0 bridgehead atoms. The highest BCUT2D eigenvalue weighted by Gasteiger charge is 2.00. The Hall–Kier alpha value is -1.29. The van der Waals surface area contributed by atoms with Crippen LogP contribution in [0.1, 0.15) is 0 Å². The first-order valence-corrected chi connectivity index (χ1v) is 4.42. The highest BCUT2D eigenvalue weighted by atomic mass is 19.1. The molecule has 0 spiro atoms. The zero-order valence-electron chi connectivity index (χ0n) is 8.46. The first-order valence-electron chi connectivity index (χ1n) is 4.42. The quantitative estimate of drug-likeness (QED) is 0.742. The van der Waals surface area contributed by atoms with Crippen LogP contribution in [-0.2, 0) is 0 Å². The maximum atomic E-state index is 12.9. The molecule has 0 radical (unpaired) electrons. The van der Waals surface area contributed by atoms with Crippen LogP contribution >= 0.6 is 0 Å². The Morgan fingerprint density at radius 1 is 1.43 bits per heavy atom. The van der Waals surface area contributed by atoms with Gasteiger partial charge < -0.3 is 15.4 Å². The number of halogens is 1. The average Bonchev–Trinajstić information content (AvgIpc) is 2.10. The smallest absolute Gasteiger partial charge is 0.149 e. The van der Waals surface area contributed by atoms with Crippen LogP contribution in [0.5, 0.6) is 5.75 Å². The topological polar surface area (TPSA) is 38.5 Å². The van der Waals surface area contributed by atoms with Gasteiger partial charge in [0.2, 0.25) is 0 Å². The molecule has 0 aromatic heterocycles. The molecule has 0 saturated carbocycles. The van der Waals surface area contributed by atoms with Crippen LogP contribution in [0.15, 0.2) is 18.2 Å². The number of nitrogens with two attached hydrogens (primary N) is 1. The lowest BCUT2D eigenvalue weighted by atomic mass is 10.3. The summed E-state index contributed by atoms with van der Waals surface area (Å²) in [5.41, 5.74) is 5.47. The van der Waals surface area contributed by atoms with Gasteiger partial charge in [0.05, 0.1) is 5.69 Å². The number of ether oxygens (including phenoxy) is 1. The maximum absolute atomic E-state index is 12.9. The van der Waals surface area contributed by atoms with Gasteiger partial charge in [-0.3, -0.25) is 0 Å². The molecule has 2 N–H and O–H groups in total. The summed E-state index contributed by atoms with van der Waals surface area (Å²) in [5.74, 6) is 0.0749. The normalized spacial score (nSPS) is 10.6. The molecular formula is C10H15FN2O. The Labute approximate surface area is 83.3 Å². The van der Waals surface area contributed by atoms with Crippen LogP contribution in [0, 0.1) is 5.82 Å². The van der Waals surface area contributed by atoms with Crippen molar-refractivity contribution in [3.8, 4) is 5.75 Å². The molecule has 0 fully saturated rings. The summed E-state index contributed by atoms with van der Waals surface area (Å²) >= 11 is 0. The monoisotopic (exact) mass is 198 g/mol. The van der Waals surface area contributed by atoms with E-state index in [9.17, 15) is 4.39 Å². The first kappa shape index (κ1) is 10.8. The SMILES string of the molecule is CN(C)CCOc1ccc(N)c(F)c1. The van der Waals surface area contributed by atoms with E-state index in [4.69, 9.17) is 10.5 Å². The van der Waals surface area contributed by atoms with E-state index >= 15 is 0 Å². The van der Waals surface area contributed by atoms with Gasteiger partial charge in [0.25, 0.3) is 0 Å². The Morgan fingerprint density at radius 2 is 2.14 bits per heavy atom. The van der Waals surface area contributed by atoms with Gasteiger partial charge in [-0.1, -0.05) is 0 Å². The number of benzene rings is 1. The summed E-state index contributed by atoms with van der Waals surface area (Å²) in [6.45, 7) is 1.34. The highest BCUT2D eigenvalue weighted by Crippen LogP contribution is 2.17. The molecule has 0 saturated heterocycles. The van der Waals surface area contributed by atoms with E-state index < -0.39 is 5.82 Å². The fourth-order valence-electron chi connectivity index (χ4n) is 0.944. The number of anilines is 1. The predicted octanol–water partition coefficient (Wildman–Crippen LogP) is 1.35. The summed E-state index contributed by atoms with van der Waals surface area (Å²) in [5, 5.41) is 0. The van der Waals surface area contributed by atoms with Gasteiger partial charge in [-0.25, -0.2) is 4.39 Å². The number of likely N-dealkylation sites (N-methyl/N-ethyl adjacent to an activating group) is 1. The molecular weight excluding hydrogens is 183 g/mol. The van der Waals surface area contributed by atoms with Crippen LogP contribution in [0.25, 0.3) is 0 Å². The number of rotatable bonds is 4. The van der Waals surface area contributed by atoms with Gasteiger partial charge >= 0.3 is 0 Å². The second-order valence-corrected chi connectivity index (χ2v) is 3.34. The molecule has 4 heteroatoms. The molecule has 0 unspecified atom stereocenters. The minimum atomic E-state index is -0.438. The highest BCUT2D eigenvalue weighted by molar-refractivity contribution is 5.43. The van der Waals surface area contributed by atoms with Crippen molar-refractivity contribution in [2.75, 3.05) is 33.0 Å². The largest absolute Gasteiger partial charge is 0.492 e. The van der Waals surface area contributed by atoms with Crippen LogP contribution < -0.4 is 10.5 Å². The zero-order valence-corrected chi connectivity index (χ0v) is 8.46. The second kappa shape index (κ2) is 4.81. The van der Waals surface area contributed by atoms with E-state index in [1.54, 1.807) is 6.07 Å². The number of hydrogen-bond donors (Lipinski definition) is 1. The van der Waals surface area contributed by atoms with Gasteiger partial charge in [-0.15, -0.1) is 0 Å². The predicted molar refractivity (Wildman–Crippen MR) is 54.9 cm³/mol. The molecule has 0 amide bonds. The summed E-state index contributed by atoms with van der Waals surface area (Å²) in [6, 6.07) is 4.46. The van der Waals surface area contributed by atoms with Gasteiger partial charge in [-0.05, 0) is 26.2 Å². The molecule has 1 aromatic rings. The number of nitrogens with zero attached hydrogens (tertiary/aromatic N) is 1. The van der Waals surface area contributed by atoms with Gasteiger partial charge in [-0.2, -0.15) is 0 Å². The van der Waals surface area contributed by atoms with Crippen molar-refractivity contribution >= 4 is 5.69 Å². The van der Waals surface area contributed by atoms with Crippen molar-refractivity contribution in [1.29, 1.82) is 0 Å². The summed E-state index contributed by atoms with van der Waals surface area (Å²) in [6.07, 6.45) is 0. The third-order valence-electron chi connectivity index (χ3n) is 1.78. The summed E-state index contributed by atoms with van der Waals surface area (Å²) in [4.78, 5) is 1.99. The molecule has 14 heavy (non-hydrogen) atoms. The van der Waals surface area contributed by atoms with E-state index in [1.807, 2.05) is 19.0 Å². The van der Waals surface area contributed by atoms with E-state index in [0.29, 0.717) is 12.4 Å². The third kappa shape index (κ3) is 3.22. The Kier molecular flexibility index (Phi) is 3.71. The van der Waals surface area contributed by atoms with E-state index in [2.05, 4.69) is 0 Å². The molecule has 0 heterocycles. The van der Waals surface area contributed by atoms with Gasteiger partial charge in [0.15, 0.2) is 0 Å². The van der Waals surface area contributed by atoms with E-state index in [-0.39, 0.29) is 5.69 Å². The minimum absolute atomic E-state index is 0.143. The summed E-state index contributed by atoms with van der Waals surface area (Å²) < 4.78 is 18.3. The van der Waals surface area contributed by atoms with Crippen molar-refractivity contribution in [2.24, 2.45) is 0 Å². The molecule has 0 aliphatic rings. The van der Waals surface area contributed by atoms with E-state index in [0.717, 1.165) is 6.54 Å². The average molecular weight is 198 g/mol. The second-order valence-electron chi connectivity index (χ2n) is 3.34. The molecule has 0 atom stereocenters. The molecule has 3 nitrogen and oxygen atoms in total. The van der Waals surface area contributed by atoms with Gasteiger partial charge in [0, 0.05) is 12.6 Å². The number of nitrogen functional groups attached to an aromatic ring is 1. The molecule has 1 rings (SSSR count). The zero-order chi connectivity index (χ0) is 10.6. The lowest BCUT2D eigenvalue weighted by Gasteiger charge is -2.11. The van der Waals surface area contributed by atoms with E-state index in [1.165, 1.54) is 12.1 Å². The Bertz CT molecular complexity index is 302. The van der Waals surface area contributed by atoms with Crippen molar-refractivity contribution in [1.82, 2.24) is 4.90 Å². The van der Waals surface area contributed by atoms with Crippen molar-refractivity contribution in [3.63, 3.8) is 0 Å². The lowest BCUT2D eigenvalue weighted by Crippen LogP contribution is -2.19. The molecule has 1 aromatic carbocycles. The van der Waals surface area contributed by atoms with Gasteiger partial charge in [0.1, 0.15) is 18.2 Å². The molecule has 0 aliphatic heterocycles. The third-order valence-corrected chi connectivity index (χ3v) is 1.78. The van der Waals surface area contributed by atoms with Crippen molar-refractivity contribution in [2.45, 2.75) is 0 Å². The fourth-order valence-corrected chi connectivity index (χ4v) is 0.944. The summed E-state index contributed by atoms with van der Waals surface area (Å²) in [7, 11) is 3.90. The van der Waals surface area contributed by atoms with Crippen LogP contribution in [0.2, 0.25) is 0 Å². The Morgan fingerprint density at radius 3 is 2.71 bits per heavy atom. The molecule has 0 aliphatic carbocycles.